The molecule has 3 aromatic heterocycles. The molecule has 0 amide bonds. The lowest BCUT2D eigenvalue weighted by Crippen LogP contribution is -2.51. The molecule has 7 rings (SSSR count). The molecule has 3 aliphatic rings. The Bertz CT molecular complexity index is 1720. The van der Waals surface area contributed by atoms with Crippen molar-refractivity contribution >= 4 is 34.0 Å². The number of rotatable bonds is 6. The van der Waals surface area contributed by atoms with Crippen LogP contribution in [0.2, 0.25) is 0 Å². The lowest BCUT2D eigenvalue weighted by molar-refractivity contribution is 0.107. The third-order valence-corrected chi connectivity index (χ3v) is 8.75. The first-order chi connectivity index (χ1) is 20.3. The van der Waals surface area contributed by atoms with Crippen molar-refractivity contribution in [2.75, 3.05) is 50.0 Å². The number of hydrogen-bond acceptors (Lipinski definition) is 11. The molecule has 1 aromatic carbocycles. The summed E-state index contributed by atoms with van der Waals surface area (Å²) in [6.07, 6.45) is 1.81. The minimum absolute atomic E-state index is 0.0189. The van der Waals surface area contributed by atoms with Crippen LogP contribution >= 0.6 is 0 Å². The maximum absolute atomic E-state index is 14.5. The molecule has 0 aliphatic carbocycles. The minimum atomic E-state index is -0.868. The van der Waals surface area contributed by atoms with Gasteiger partial charge < -0.3 is 25.1 Å². The molecule has 0 saturated carbocycles. The quantitative estimate of drug-likeness (QED) is 0.349. The second-order valence-electron chi connectivity index (χ2n) is 11.5. The predicted molar refractivity (Wildman–Crippen MR) is 152 cm³/mol. The number of anilines is 2. The van der Waals surface area contributed by atoms with Gasteiger partial charge in [0.15, 0.2) is 17.2 Å². The van der Waals surface area contributed by atoms with E-state index >= 15 is 0 Å². The number of benzene rings is 1. The molecule has 11 nitrogen and oxygen atoms in total. The van der Waals surface area contributed by atoms with E-state index in [0.717, 1.165) is 19.4 Å². The summed E-state index contributed by atoms with van der Waals surface area (Å²) in [5.41, 5.74) is 8.78. The zero-order valence-corrected chi connectivity index (χ0v) is 23.2. The van der Waals surface area contributed by atoms with Crippen LogP contribution in [0, 0.1) is 24.1 Å². The van der Waals surface area contributed by atoms with E-state index in [-0.39, 0.29) is 29.2 Å². The van der Waals surface area contributed by atoms with Crippen molar-refractivity contribution in [3.05, 3.63) is 29.7 Å². The Balaban J connectivity index is 1.32. The number of nitrogens with two attached hydrogens (primary N) is 1. The molecule has 13 heteroatoms. The van der Waals surface area contributed by atoms with Gasteiger partial charge in [0.25, 0.3) is 6.01 Å². The molecule has 4 aromatic rings. The van der Waals surface area contributed by atoms with Gasteiger partial charge in [0.1, 0.15) is 23.8 Å². The number of oxazole rings is 1. The Kier molecular flexibility index (Phi) is 6.55. The average Bonchev–Trinajstić information content (AvgIpc) is 3.64. The first kappa shape index (κ1) is 26.7. The predicted octanol–water partition coefficient (Wildman–Crippen LogP) is 3.51. The third-order valence-electron chi connectivity index (χ3n) is 8.75. The average molecular weight is 576 g/mol. The SMILES string of the molecule is Cc1nc2c(N3CCN[C@@H](CC#N)C3)nc(OC[C@@]34CCCN3C[C@H](F)C4)nc2cc1-c1ccc(F)c2oc(N)nc12. The molecule has 3 saturated heterocycles. The molecule has 42 heavy (non-hydrogen) atoms. The number of ether oxygens (including phenoxy) is 1. The lowest BCUT2D eigenvalue weighted by Gasteiger charge is -2.34. The van der Waals surface area contributed by atoms with Gasteiger partial charge in [-0.2, -0.15) is 20.2 Å². The number of nitrogens with zero attached hydrogens (tertiary/aromatic N) is 7. The fraction of sp³-hybridized carbons (Fsp3) is 0.483. The number of hydrogen-bond donors (Lipinski definition) is 2. The van der Waals surface area contributed by atoms with Crippen molar-refractivity contribution in [2.24, 2.45) is 0 Å². The van der Waals surface area contributed by atoms with Crippen molar-refractivity contribution in [1.82, 2.24) is 30.2 Å². The van der Waals surface area contributed by atoms with Crippen molar-refractivity contribution in [3.63, 3.8) is 0 Å². The van der Waals surface area contributed by atoms with Gasteiger partial charge in [0.2, 0.25) is 0 Å². The highest BCUT2D eigenvalue weighted by Gasteiger charge is 2.49. The van der Waals surface area contributed by atoms with E-state index < -0.39 is 12.0 Å². The number of aromatic nitrogens is 4. The molecule has 3 aliphatic heterocycles. The van der Waals surface area contributed by atoms with Gasteiger partial charge in [-0.25, -0.2) is 13.8 Å². The largest absolute Gasteiger partial charge is 0.461 e. The van der Waals surface area contributed by atoms with E-state index in [1.165, 1.54) is 6.07 Å². The maximum Gasteiger partial charge on any atom is 0.319 e. The fourth-order valence-corrected chi connectivity index (χ4v) is 6.80. The number of pyridine rings is 1. The van der Waals surface area contributed by atoms with Crippen LogP contribution < -0.4 is 20.7 Å². The molecule has 0 spiro atoms. The van der Waals surface area contributed by atoms with Gasteiger partial charge in [-0.1, -0.05) is 0 Å². The summed E-state index contributed by atoms with van der Waals surface area (Å²) in [4.78, 5) is 23.0. The number of nitriles is 1. The lowest BCUT2D eigenvalue weighted by atomic mass is 9.95. The topological polar surface area (TPSA) is 142 Å². The Morgan fingerprint density at radius 1 is 1.19 bits per heavy atom. The molecular weight excluding hydrogens is 544 g/mol. The second-order valence-corrected chi connectivity index (χ2v) is 11.5. The zero-order valence-electron chi connectivity index (χ0n) is 23.2. The minimum Gasteiger partial charge on any atom is -0.461 e. The summed E-state index contributed by atoms with van der Waals surface area (Å²) in [5, 5.41) is 12.7. The zero-order chi connectivity index (χ0) is 29.0. The summed E-state index contributed by atoms with van der Waals surface area (Å²) in [5.74, 6) is 0.0534. The third kappa shape index (κ3) is 4.55. The number of alkyl halides is 1. The van der Waals surface area contributed by atoms with Crippen molar-refractivity contribution < 1.29 is 17.9 Å². The van der Waals surface area contributed by atoms with Crippen LogP contribution in [-0.4, -0.2) is 81.9 Å². The van der Waals surface area contributed by atoms with Gasteiger partial charge in [-0.05, 0) is 44.5 Å². The van der Waals surface area contributed by atoms with Crippen LogP contribution in [-0.2, 0) is 0 Å². The number of piperazine rings is 1. The maximum atomic E-state index is 14.5. The van der Waals surface area contributed by atoms with E-state index in [2.05, 4.69) is 26.2 Å². The van der Waals surface area contributed by atoms with Gasteiger partial charge in [0, 0.05) is 55.5 Å². The first-order valence-electron chi connectivity index (χ1n) is 14.2. The Labute approximate surface area is 240 Å². The van der Waals surface area contributed by atoms with Crippen LogP contribution in [0.1, 0.15) is 31.4 Å². The number of nitrogen functional groups attached to an aromatic ring is 1. The summed E-state index contributed by atoms with van der Waals surface area (Å²) < 4.78 is 40.5. The summed E-state index contributed by atoms with van der Waals surface area (Å²) >= 11 is 0. The highest BCUT2D eigenvalue weighted by Crippen LogP contribution is 2.41. The van der Waals surface area contributed by atoms with Crippen LogP contribution in [0.5, 0.6) is 6.01 Å². The standard InChI is InChI=1S/C29H31F2N9O2/c1-16-20(19-3-4-21(31)25-23(19)37-27(33)42-25)11-22-24(35-16)26(39-10-8-34-18(14-39)5-7-32)38-28(36-22)41-15-29-6-2-9-40(29)13-17(30)12-29/h3-4,11,17-18,34H,2,5-6,8-10,12-15H2,1H3,(H2,33,37)/t17-,18+,29+/m1/s1. The summed E-state index contributed by atoms with van der Waals surface area (Å²) in [6, 6.07) is 7.09. The highest BCUT2D eigenvalue weighted by molar-refractivity contribution is 5.96. The number of fused-ring (bicyclic) bond motifs is 3. The first-order valence-corrected chi connectivity index (χ1v) is 14.2. The van der Waals surface area contributed by atoms with Gasteiger partial charge in [-0.3, -0.25) is 4.90 Å². The summed E-state index contributed by atoms with van der Waals surface area (Å²) in [7, 11) is 0. The number of aryl methyl sites for hydroxylation is 1. The Hall–Kier alpha value is -4.15. The van der Waals surface area contributed by atoms with Crippen molar-refractivity contribution in [3.8, 4) is 23.2 Å². The Morgan fingerprint density at radius 2 is 2.07 bits per heavy atom. The van der Waals surface area contributed by atoms with E-state index in [1.54, 1.807) is 6.07 Å². The normalized spacial score (nSPS) is 24.4. The molecule has 0 bridgehead atoms. The molecule has 0 radical (unpaired) electrons. The molecule has 218 valence electrons. The fourth-order valence-electron chi connectivity index (χ4n) is 6.80. The molecule has 0 unspecified atom stereocenters. The molecule has 3 atom stereocenters. The van der Waals surface area contributed by atoms with E-state index in [0.29, 0.717) is 84.8 Å². The van der Waals surface area contributed by atoms with E-state index in [1.807, 2.05) is 13.0 Å². The van der Waals surface area contributed by atoms with E-state index in [9.17, 15) is 14.0 Å². The van der Waals surface area contributed by atoms with Crippen molar-refractivity contribution in [1.29, 1.82) is 5.26 Å². The number of halogens is 2. The van der Waals surface area contributed by atoms with E-state index in [4.69, 9.17) is 29.8 Å². The monoisotopic (exact) mass is 575 g/mol. The van der Waals surface area contributed by atoms with Crippen LogP contribution in [0.3, 0.4) is 0 Å². The van der Waals surface area contributed by atoms with Gasteiger partial charge in [0.05, 0.1) is 23.5 Å². The van der Waals surface area contributed by atoms with Crippen LogP contribution in [0.4, 0.5) is 20.6 Å². The molecule has 3 fully saturated rings. The van der Waals surface area contributed by atoms with Gasteiger partial charge in [-0.15, -0.1) is 0 Å². The van der Waals surface area contributed by atoms with Crippen LogP contribution in [0.15, 0.2) is 22.6 Å². The van der Waals surface area contributed by atoms with Crippen LogP contribution in [0.25, 0.3) is 33.3 Å². The highest BCUT2D eigenvalue weighted by atomic mass is 19.1. The molecule has 3 N–H and O–H groups in total. The second kappa shape index (κ2) is 10.3. The van der Waals surface area contributed by atoms with Gasteiger partial charge >= 0.3 is 6.01 Å². The number of nitrogens with one attached hydrogen (secondary N) is 1. The van der Waals surface area contributed by atoms with Crippen molar-refractivity contribution in [2.45, 2.75) is 50.4 Å². The molecular formula is C29H31F2N9O2. The summed E-state index contributed by atoms with van der Waals surface area (Å²) in [6.45, 7) is 5.36. The Morgan fingerprint density at radius 3 is 2.93 bits per heavy atom. The smallest absolute Gasteiger partial charge is 0.319 e. The molecule has 6 heterocycles.